The lowest BCUT2D eigenvalue weighted by atomic mass is 10.00. The molecule has 0 aliphatic carbocycles. The zero-order valence-corrected chi connectivity index (χ0v) is 13.3. The van der Waals surface area contributed by atoms with Crippen molar-refractivity contribution in [2.24, 2.45) is 0 Å². The number of aryl methyl sites for hydroxylation is 2. The van der Waals surface area contributed by atoms with Gasteiger partial charge in [-0.3, -0.25) is 0 Å². The second-order valence-corrected chi connectivity index (χ2v) is 5.62. The SMILES string of the molecule is COc1ccc(Br)cc1CC(O)c1cc(C)nnc1C. The molecule has 0 bridgehead atoms. The molecule has 20 heavy (non-hydrogen) atoms. The maximum Gasteiger partial charge on any atom is 0.122 e. The van der Waals surface area contributed by atoms with Gasteiger partial charge in [-0.15, -0.1) is 0 Å². The van der Waals surface area contributed by atoms with Crippen molar-refractivity contribution in [3.63, 3.8) is 0 Å². The third-order valence-electron chi connectivity index (χ3n) is 3.15. The minimum atomic E-state index is -0.632. The molecule has 1 aromatic carbocycles. The summed E-state index contributed by atoms with van der Waals surface area (Å²) in [5.74, 6) is 0.767. The molecule has 1 N–H and O–H groups in total. The van der Waals surface area contributed by atoms with Gasteiger partial charge in [0.15, 0.2) is 0 Å². The fraction of sp³-hybridized carbons (Fsp3) is 0.333. The Kier molecular flexibility index (Phi) is 4.73. The lowest BCUT2D eigenvalue weighted by molar-refractivity contribution is 0.175. The van der Waals surface area contributed by atoms with Gasteiger partial charge in [-0.25, -0.2) is 0 Å². The van der Waals surface area contributed by atoms with Gasteiger partial charge < -0.3 is 9.84 Å². The summed E-state index contributed by atoms with van der Waals surface area (Å²) >= 11 is 3.44. The van der Waals surface area contributed by atoms with E-state index in [1.54, 1.807) is 7.11 Å². The minimum Gasteiger partial charge on any atom is -0.496 e. The van der Waals surface area contributed by atoms with E-state index >= 15 is 0 Å². The van der Waals surface area contributed by atoms with Gasteiger partial charge in [0, 0.05) is 16.5 Å². The molecule has 0 aliphatic heterocycles. The average Bonchev–Trinajstić information content (AvgIpc) is 2.41. The van der Waals surface area contributed by atoms with E-state index in [9.17, 15) is 5.11 Å². The van der Waals surface area contributed by atoms with E-state index in [2.05, 4.69) is 26.1 Å². The zero-order chi connectivity index (χ0) is 14.7. The highest BCUT2D eigenvalue weighted by Gasteiger charge is 2.15. The molecule has 1 heterocycles. The topological polar surface area (TPSA) is 55.2 Å². The summed E-state index contributed by atoms with van der Waals surface area (Å²) in [4.78, 5) is 0. The molecule has 106 valence electrons. The first kappa shape index (κ1) is 14.9. The van der Waals surface area contributed by atoms with Crippen molar-refractivity contribution in [1.82, 2.24) is 10.2 Å². The Morgan fingerprint density at radius 2 is 2.00 bits per heavy atom. The van der Waals surface area contributed by atoms with Gasteiger partial charge in [-0.2, -0.15) is 10.2 Å². The summed E-state index contributed by atoms with van der Waals surface area (Å²) < 4.78 is 6.29. The number of nitrogens with zero attached hydrogens (tertiary/aromatic N) is 2. The van der Waals surface area contributed by atoms with Crippen LogP contribution in [0.5, 0.6) is 5.75 Å². The van der Waals surface area contributed by atoms with Crippen LogP contribution >= 0.6 is 15.9 Å². The predicted octanol–water partition coefficient (Wildman–Crippen LogP) is 3.14. The Bertz CT molecular complexity index is 617. The van der Waals surface area contributed by atoms with Gasteiger partial charge in [-0.1, -0.05) is 15.9 Å². The molecule has 1 unspecified atom stereocenters. The Morgan fingerprint density at radius 3 is 2.70 bits per heavy atom. The third-order valence-corrected chi connectivity index (χ3v) is 3.65. The standard InChI is InChI=1S/C15H17BrN2O2/c1-9-6-13(10(2)18-17-9)14(19)8-11-7-12(16)4-5-15(11)20-3/h4-7,14,19H,8H2,1-3H3. The molecule has 1 atom stereocenters. The van der Waals surface area contributed by atoms with Crippen LogP contribution in [0.2, 0.25) is 0 Å². The van der Waals surface area contributed by atoms with E-state index in [4.69, 9.17) is 4.74 Å². The first-order chi connectivity index (χ1) is 9.51. The number of aromatic nitrogens is 2. The molecule has 0 radical (unpaired) electrons. The number of aliphatic hydroxyl groups is 1. The van der Waals surface area contributed by atoms with E-state index in [0.717, 1.165) is 32.7 Å². The number of hydrogen-bond donors (Lipinski definition) is 1. The van der Waals surface area contributed by atoms with Crippen LogP contribution in [-0.4, -0.2) is 22.4 Å². The molecule has 2 rings (SSSR count). The number of halogens is 1. The Morgan fingerprint density at radius 1 is 1.25 bits per heavy atom. The molecule has 0 saturated carbocycles. The maximum absolute atomic E-state index is 10.5. The van der Waals surface area contributed by atoms with Crippen LogP contribution in [0.3, 0.4) is 0 Å². The van der Waals surface area contributed by atoms with Crippen LogP contribution in [0.4, 0.5) is 0 Å². The summed E-state index contributed by atoms with van der Waals surface area (Å²) in [7, 11) is 1.63. The van der Waals surface area contributed by atoms with Crippen molar-refractivity contribution in [2.75, 3.05) is 7.11 Å². The Labute approximate surface area is 126 Å². The highest BCUT2D eigenvalue weighted by atomic mass is 79.9. The first-order valence-electron chi connectivity index (χ1n) is 6.32. The smallest absolute Gasteiger partial charge is 0.122 e. The monoisotopic (exact) mass is 336 g/mol. The molecule has 0 saturated heterocycles. The van der Waals surface area contributed by atoms with Gasteiger partial charge >= 0.3 is 0 Å². The number of benzene rings is 1. The van der Waals surface area contributed by atoms with Crippen LogP contribution in [-0.2, 0) is 6.42 Å². The lowest BCUT2D eigenvalue weighted by Crippen LogP contribution is -2.08. The number of aliphatic hydroxyl groups excluding tert-OH is 1. The highest BCUT2D eigenvalue weighted by molar-refractivity contribution is 9.10. The normalized spacial score (nSPS) is 12.2. The van der Waals surface area contributed by atoms with Gasteiger partial charge in [-0.05, 0) is 43.7 Å². The first-order valence-corrected chi connectivity index (χ1v) is 7.12. The maximum atomic E-state index is 10.5. The van der Waals surface area contributed by atoms with Crippen LogP contribution in [0.15, 0.2) is 28.7 Å². The van der Waals surface area contributed by atoms with Gasteiger partial charge in [0.05, 0.1) is 24.6 Å². The molecule has 0 amide bonds. The van der Waals surface area contributed by atoms with Crippen molar-refractivity contribution >= 4 is 15.9 Å². The second kappa shape index (κ2) is 6.33. The van der Waals surface area contributed by atoms with E-state index < -0.39 is 6.10 Å². The number of rotatable bonds is 4. The van der Waals surface area contributed by atoms with Crippen LogP contribution in [0.1, 0.15) is 28.6 Å². The largest absolute Gasteiger partial charge is 0.496 e. The number of hydrogen-bond acceptors (Lipinski definition) is 4. The summed E-state index contributed by atoms with van der Waals surface area (Å²) in [5, 5.41) is 18.5. The summed E-state index contributed by atoms with van der Waals surface area (Å²) in [6, 6.07) is 7.63. The van der Waals surface area contributed by atoms with E-state index in [1.165, 1.54) is 0 Å². The van der Waals surface area contributed by atoms with Gasteiger partial charge in [0.2, 0.25) is 0 Å². The fourth-order valence-corrected chi connectivity index (χ4v) is 2.54. The van der Waals surface area contributed by atoms with Crippen molar-refractivity contribution in [3.05, 3.63) is 51.3 Å². The molecule has 4 nitrogen and oxygen atoms in total. The van der Waals surface area contributed by atoms with Crippen LogP contribution in [0, 0.1) is 13.8 Å². The van der Waals surface area contributed by atoms with Crippen LogP contribution < -0.4 is 4.74 Å². The van der Waals surface area contributed by atoms with E-state index in [-0.39, 0.29) is 0 Å². The molecule has 0 spiro atoms. The summed E-state index contributed by atoms with van der Waals surface area (Å²) in [5.41, 5.74) is 3.30. The minimum absolute atomic E-state index is 0.467. The van der Waals surface area contributed by atoms with E-state index in [1.807, 2.05) is 38.1 Å². The van der Waals surface area contributed by atoms with Crippen molar-refractivity contribution in [2.45, 2.75) is 26.4 Å². The lowest BCUT2D eigenvalue weighted by Gasteiger charge is -2.15. The van der Waals surface area contributed by atoms with Crippen LogP contribution in [0.25, 0.3) is 0 Å². The number of methoxy groups -OCH3 is 1. The molecule has 1 aromatic heterocycles. The molecular formula is C15H17BrN2O2. The van der Waals surface area contributed by atoms with E-state index in [0.29, 0.717) is 6.42 Å². The molecule has 0 fully saturated rings. The molecule has 2 aromatic rings. The van der Waals surface area contributed by atoms with Gasteiger partial charge in [0.25, 0.3) is 0 Å². The van der Waals surface area contributed by atoms with Crippen molar-refractivity contribution in [1.29, 1.82) is 0 Å². The summed E-state index contributed by atoms with van der Waals surface area (Å²) in [6.45, 7) is 3.71. The fourth-order valence-electron chi connectivity index (χ4n) is 2.13. The Hall–Kier alpha value is -1.46. The Balaban J connectivity index is 2.29. The molecular weight excluding hydrogens is 320 g/mol. The summed E-state index contributed by atoms with van der Waals surface area (Å²) in [6.07, 6.45) is -0.165. The quantitative estimate of drug-likeness (QED) is 0.931. The average molecular weight is 337 g/mol. The molecule has 0 aliphatic rings. The van der Waals surface area contributed by atoms with Crippen molar-refractivity contribution in [3.8, 4) is 5.75 Å². The predicted molar refractivity (Wildman–Crippen MR) is 80.9 cm³/mol. The third kappa shape index (κ3) is 3.35. The van der Waals surface area contributed by atoms with Crippen molar-refractivity contribution < 1.29 is 9.84 Å². The molecule has 5 heteroatoms. The second-order valence-electron chi connectivity index (χ2n) is 4.70. The zero-order valence-electron chi connectivity index (χ0n) is 11.7. The highest BCUT2D eigenvalue weighted by Crippen LogP contribution is 2.28. The van der Waals surface area contributed by atoms with Gasteiger partial charge in [0.1, 0.15) is 5.75 Å². The number of ether oxygens (including phenoxy) is 1.